The second-order valence-corrected chi connectivity index (χ2v) is 7.92. The summed E-state index contributed by atoms with van der Waals surface area (Å²) in [6, 6.07) is -4.48. The van der Waals surface area contributed by atoms with E-state index in [1.807, 2.05) is 0 Å². The zero-order valence-corrected chi connectivity index (χ0v) is 19.0. The van der Waals surface area contributed by atoms with Crippen molar-refractivity contribution in [2.24, 2.45) is 27.9 Å². The molecule has 0 radical (unpaired) electrons. The number of carbonyl (C=O) groups is 5. The normalized spacial score (nSPS) is 18.0. The molecule has 0 aromatic rings. The number of hydrogen-bond donors (Lipinski definition) is 8. The van der Waals surface area contributed by atoms with E-state index < -0.39 is 60.2 Å². The van der Waals surface area contributed by atoms with Crippen molar-refractivity contribution >= 4 is 48.2 Å². The molecule has 1 aliphatic heterocycles. The van der Waals surface area contributed by atoms with Gasteiger partial charge in [-0.15, -0.1) is 0 Å². The molecule has 4 atom stereocenters. The SMILES string of the molecule is NC(=O)CC(N)C(=O)NC(CS)C(=O)NC(CCCN=C(N)N)C(=O)N1CCCC1C(=O)O. The lowest BCUT2D eigenvalue weighted by Crippen LogP contribution is -2.57. The zero-order chi connectivity index (χ0) is 25.1. The van der Waals surface area contributed by atoms with E-state index in [9.17, 15) is 29.1 Å². The van der Waals surface area contributed by atoms with Gasteiger partial charge in [-0.1, -0.05) is 0 Å². The third-order valence-corrected chi connectivity index (χ3v) is 5.32. The van der Waals surface area contributed by atoms with E-state index in [1.165, 1.54) is 4.90 Å². The summed E-state index contributed by atoms with van der Waals surface area (Å²) in [6.07, 6.45) is 0.859. The minimum atomic E-state index is -1.25. The summed E-state index contributed by atoms with van der Waals surface area (Å²) in [5.74, 6) is -4.24. The lowest BCUT2D eigenvalue weighted by atomic mass is 10.1. The molecule has 33 heavy (non-hydrogen) atoms. The Morgan fingerprint density at radius 3 is 2.27 bits per heavy atom. The van der Waals surface area contributed by atoms with Crippen LogP contribution in [0.2, 0.25) is 0 Å². The maximum Gasteiger partial charge on any atom is 0.326 e. The third kappa shape index (κ3) is 9.13. The van der Waals surface area contributed by atoms with Crippen LogP contribution in [0, 0.1) is 0 Å². The minimum Gasteiger partial charge on any atom is -0.480 e. The number of carboxylic acid groups (broad SMARTS) is 1. The average Bonchev–Trinajstić information content (AvgIpc) is 3.22. The van der Waals surface area contributed by atoms with E-state index >= 15 is 0 Å². The van der Waals surface area contributed by atoms with Crippen molar-refractivity contribution in [2.75, 3.05) is 18.8 Å². The number of carbonyl (C=O) groups excluding carboxylic acids is 4. The van der Waals surface area contributed by atoms with Crippen LogP contribution in [0.4, 0.5) is 0 Å². The van der Waals surface area contributed by atoms with E-state index in [0.717, 1.165) is 0 Å². The summed E-state index contributed by atoms with van der Waals surface area (Å²) in [7, 11) is 0. The standard InChI is InChI=1S/C18H32N8O6S/c19-9(7-13(20)27)14(28)25-11(8-33)15(29)24-10(3-1-5-23-18(21)22)16(30)26-6-2-4-12(26)17(31)32/h9-12,33H,1-8,19H2,(H2,20,27)(H,24,29)(H,25,28)(H,31,32)(H4,21,22,23). The van der Waals surface area contributed by atoms with Gasteiger partial charge in [0.15, 0.2) is 5.96 Å². The molecule has 1 aliphatic rings. The number of nitrogens with two attached hydrogens (primary N) is 4. The number of likely N-dealkylation sites (tertiary alicyclic amines) is 1. The Morgan fingerprint density at radius 1 is 1.09 bits per heavy atom. The topological polar surface area (TPSA) is 249 Å². The van der Waals surface area contributed by atoms with E-state index in [1.54, 1.807) is 0 Å². The Kier molecular flexibility index (Phi) is 11.4. The van der Waals surface area contributed by atoms with E-state index in [-0.39, 0.29) is 31.2 Å². The first-order valence-electron chi connectivity index (χ1n) is 10.3. The molecule has 1 rings (SSSR count). The number of rotatable bonds is 13. The highest BCUT2D eigenvalue weighted by atomic mass is 32.1. The van der Waals surface area contributed by atoms with Crippen LogP contribution < -0.4 is 33.6 Å². The van der Waals surface area contributed by atoms with Gasteiger partial charge in [0.05, 0.1) is 12.5 Å². The van der Waals surface area contributed by atoms with Crippen molar-refractivity contribution in [1.82, 2.24) is 15.5 Å². The Balaban J connectivity index is 2.92. The highest BCUT2D eigenvalue weighted by Crippen LogP contribution is 2.19. The number of thiol groups is 1. The second-order valence-electron chi connectivity index (χ2n) is 7.56. The average molecular weight is 489 g/mol. The minimum absolute atomic E-state index is 0.124. The van der Waals surface area contributed by atoms with E-state index in [4.69, 9.17) is 22.9 Å². The number of primary amides is 1. The Labute approximate surface area is 196 Å². The molecule has 4 unspecified atom stereocenters. The fourth-order valence-corrected chi connectivity index (χ4v) is 3.56. The molecule has 0 aliphatic carbocycles. The molecule has 186 valence electrons. The summed E-state index contributed by atoms with van der Waals surface area (Å²) in [4.78, 5) is 65.5. The van der Waals surface area contributed by atoms with Gasteiger partial charge in [0.1, 0.15) is 18.1 Å². The van der Waals surface area contributed by atoms with Gasteiger partial charge in [-0.3, -0.25) is 24.2 Å². The van der Waals surface area contributed by atoms with Crippen LogP contribution in [-0.2, 0) is 24.0 Å². The maximum absolute atomic E-state index is 13.1. The molecule has 11 N–H and O–H groups in total. The van der Waals surface area contributed by atoms with Gasteiger partial charge in [-0.05, 0) is 25.7 Å². The number of guanidine groups is 1. The number of aliphatic carboxylic acids is 1. The van der Waals surface area contributed by atoms with Crippen molar-refractivity contribution in [3.8, 4) is 0 Å². The zero-order valence-electron chi connectivity index (χ0n) is 18.1. The molecule has 4 amide bonds. The molecule has 15 heteroatoms. The van der Waals surface area contributed by atoms with Crippen molar-refractivity contribution in [1.29, 1.82) is 0 Å². The quantitative estimate of drug-likeness (QED) is 0.0547. The van der Waals surface area contributed by atoms with Gasteiger partial charge in [0.25, 0.3) is 0 Å². The Hall–Kier alpha value is -3.07. The van der Waals surface area contributed by atoms with Crippen LogP contribution in [0.25, 0.3) is 0 Å². The summed E-state index contributed by atoms with van der Waals surface area (Å²) >= 11 is 4.05. The number of aliphatic imine (C=N–C) groups is 1. The van der Waals surface area contributed by atoms with Crippen molar-refractivity contribution < 1.29 is 29.1 Å². The number of amides is 4. The molecule has 1 saturated heterocycles. The molecule has 0 aromatic heterocycles. The van der Waals surface area contributed by atoms with Crippen LogP contribution in [-0.4, -0.2) is 88.6 Å². The first-order valence-corrected chi connectivity index (χ1v) is 10.9. The Morgan fingerprint density at radius 2 is 1.73 bits per heavy atom. The summed E-state index contributed by atoms with van der Waals surface area (Å²) in [5.41, 5.74) is 21.2. The smallest absolute Gasteiger partial charge is 0.326 e. The van der Waals surface area contributed by atoms with Crippen molar-refractivity contribution in [3.05, 3.63) is 0 Å². The first-order chi connectivity index (χ1) is 15.5. The maximum atomic E-state index is 13.1. The van der Waals surface area contributed by atoms with Gasteiger partial charge >= 0.3 is 5.97 Å². The van der Waals surface area contributed by atoms with Crippen LogP contribution in [0.3, 0.4) is 0 Å². The molecular weight excluding hydrogens is 456 g/mol. The molecule has 1 heterocycles. The van der Waals surface area contributed by atoms with Crippen LogP contribution in [0.5, 0.6) is 0 Å². The second kappa shape index (κ2) is 13.5. The van der Waals surface area contributed by atoms with Gasteiger partial charge in [0, 0.05) is 18.8 Å². The van der Waals surface area contributed by atoms with E-state index in [0.29, 0.717) is 19.3 Å². The van der Waals surface area contributed by atoms with Crippen LogP contribution in [0.15, 0.2) is 4.99 Å². The highest BCUT2D eigenvalue weighted by molar-refractivity contribution is 7.80. The van der Waals surface area contributed by atoms with Crippen LogP contribution in [0.1, 0.15) is 32.1 Å². The first kappa shape index (κ1) is 28.0. The van der Waals surface area contributed by atoms with Gasteiger partial charge in [-0.25, -0.2) is 4.79 Å². The lowest BCUT2D eigenvalue weighted by Gasteiger charge is -2.28. The fraction of sp³-hybridized carbons (Fsp3) is 0.667. The number of hydrogen-bond acceptors (Lipinski definition) is 8. The molecule has 14 nitrogen and oxygen atoms in total. The largest absolute Gasteiger partial charge is 0.480 e. The number of nitrogens with zero attached hydrogens (tertiary/aromatic N) is 2. The summed E-state index contributed by atoms with van der Waals surface area (Å²) in [5, 5.41) is 14.3. The summed E-state index contributed by atoms with van der Waals surface area (Å²) in [6.45, 7) is 0.434. The molecule has 1 fully saturated rings. The van der Waals surface area contributed by atoms with Gasteiger partial charge in [0.2, 0.25) is 23.6 Å². The third-order valence-electron chi connectivity index (χ3n) is 4.95. The predicted molar refractivity (Wildman–Crippen MR) is 122 cm³/mol. The van der Waals surface area contributed by atoms with Gasteiger partial charge in [-0.2, -0.15) is 12.6 Å². The predicted octanol–water partition coefficient (Wildman–Crippen LogP) is -3.78. The molecule has 0 aromatic carbocycles. The molecule has 0 saturated carbocycles. The molecule has 0 spiro atoms. The number of carboxylic acids is 1. The molecular formula is C18H32N8O6S. The summed E-state index contributed by atoms with van der Waals surface area (Å²) < 4.78 is 0. The van der Waals surface area contributed by atoms with Gasteiger partial charge < -0.3 is 43.6 Å². The molecule has 0 bridgehead atoms. The Bertz CT molecular complexity index is 775. The van der Waals surface area contributed by atoms with Crippen molar-refractivity contribution in [3.63, 3.8) is 0 Å². The fourth-order valence-electron chi connectivity index (χ4n) is 3.30. The van der Waals surface area contributed by atoms with Crippen LogP contribution >= 0.6 is 12.6 Å². The van der Waals surface area contributed by atoms with Crippen molar-refractivity contribution in [2.45, 2.75) is 56.3 Å². The van der Waals surface area contributed by atoms with E-state index in [2.05, 4.69) is 28.3 Å². The lowest BCUT2D eigenvalue weighted by molar-refractivity contribution is -0.149. The number of nitrogens with one attached hydrogen (secondary N) is 2. The highest BCUT2D eigenvalue weighted by Gasteiger charge is 2.38. The monoisotopic (exact) mass is 488 g/mol.